The molecule has 0 saturated carbocycles. The topological polar surface area (TPSA) is 0 Å². The van der Waals surface area contributed by atoms with Gasteiger partial charge in [0.15, 0.2) is 0 Å². The highest BCUT2D eigenvalue weighted by atomic mass is 35.5. The first-order valence-corrected chi connectivity index (χ1v) is 6.60. The zero-order valence-corrected chi connectivity index (χ0v) is 12.0. The summed E-state index contributed by atoms with van der Waals surface area (Å²) in [5, 5.41) is 0.564. The van der Waals surface area contributed by atoms with E-state index in [4.69, 9.17) is 46.4 Å². The Morgan fingerprint density at radius 1 is 0.889 bits per heavy atom. The van der Waals surface area contributed by atoms with Crippen molar-refractivity contribution in [3.63, 3.8) is 0 Å². The van der Waals surface area contributed by atoms with Crippen molar-refractivity contribution in [1.82, 2.24) is 0 Å². The molecule has 0 N–H and O–H groups in total. The second kappa shape index (κ2) is 5.66. The van der Waals surface area contributed by atoms with Crippen molar-refractivity contribution in [3.8, 4) is 0 Å². The van der Waals surface area contributed by atoms with Gasteiger partial charge in [-0.15, -0.1) is 11.6 Å². The number of benzene rings is 2. The van der Waals surface area contributed by atoms with Crippen molar-refractivity contribution in [3.05, 3.63) is 68.4 Å². The van der Waals surface area contributed by atoms with Crippen molar-refractivity contribution in [2.75, 3.05) is 0 Å². The molecule has 0 amide bonds. The smallest absolute Gasteiger partial charge is 0.128 e. The third-order valence-electron chi connectivity index (χ3n) is 2.47. The Bertz CT molecular complexity index is 583. The van der Waals surface area contributed by atoms with Gasteiger partial charge in [0.25, 0.3) is 0 Å². The van der Waals surface area contributed by atoms with Crippen molar-refractivity contribution < 1.29 is 4.39 Å². The fraction of sp³-hybridized carbons (Fsp3) is 0.0769. The van der Waals surface area contributed by atoms with Gasteiger partial charge in [-0.3, -0.25) is 0 Å². The van der Waals surface area contributed by atoms with E-state index in [1.807, 2.05) is 0 Å². The lowest BCUT2D eigenvalue weighted by Crippen LogP contribution is -1.97. The SMILES string of the molecule is Fc1ccc(Cl)cc1C(Cl)c1ccc(Cl)c(Cl)c1. The summed E-state index contributed by atoms with van der Waals surface area (Å²) < 4.78 is 13.7. The first-order valence-electron chi connectivity index (χ1n) is 5.03. The number of hydrogen-bond acceptors (Lipinski definition) is 0. The van der Waals surface area contributed by atoms with Crippen molar-refractivity contribution in [2.45, 2.75) is 5.38 Å². The maximum atomic E-state index is 13.7. The van der Waals surface area contributed by atoms with Crippen LogP contribution in [-0.2, 0) is 0 Å². The molecule has 0 spiro atoms. The third-order valence-corrected chi connectivity index (χ3v) is 3.93. The van der Waals surface area contributed by atoms with Crippen LogP contribution in [0, 0.1) is 5.82 Å². The number of hydrogen-bond donors (Lipinski definition) is 0. The van der Waals surface area contributed by atoms with E-state index in [0.29, 0.717) is 26.2 Å². The molecule has 0 nitrogen and oxygen atoms in total. The normalized spacial score (nSPS) is 12.5. The van der Waals surface area contributed by atoms with Crippen molar-refractivity contribution in [1.29, 1.82) is 0 Å². The molecular weight excluding hydrogens is 317 g/mol. The second-order valence-electron chi connectivity index (χ2n) is 3.70. The van der Waals surface area contributed by atoms with Gasteiger partial charge in [0, 0.05) is 10.6 Å². The van der Waals surface area contributed by atoms with E-state index in [1.165, 1.54) is 18.2 Å². The predicted octanol–water partition coefficient (Wildman–Crippen LogP) is 6.11. The average Bonchev–Trinajstić information content (AvgIpc) is 2.35. The maximum Gasteiger partial charge on any atom is 0.128 e. The average molecular weight is 324 g/mol. The van der Waals surface area contributed by atoms with Gasteiger partial charge in [0.2, 0.25) is 0 Å². The lowest BCUT2D eigenvalue weighted by Gasteiger charge is -2.12. The monoisotopic (exact) mass is 322 g/mol. The lowest BCUT2D eigenvalue weighted by molar-refractivity contribution is 0.612. The molecule has 0 aromatic heterocycles. The molecule has 0 aliphatic heterocycles. The molecule has 1 atom stereocenters. The second-order valence-corrected chi connectivity index (χ2v) is 5.39. The van der Waals surface area contributed by atoms with Gasteiger partial charge in [-0.2, -0.15) is 0 Å². The zero-order valence-electron chi connectivity index (χ0n) is 8.93. The van der Waals surface area contributed by atoms with E-state index in [9.17, 15) is 4.39 Å². The van der Waals surface area contributed by atoms with E-state index in [1.54, 1.807) is 18.2 Å². The standard InChI is InChI=1S/C13H7Cl4F/c14-8-2-4-12(18)9(6-8)13(17)7-1-3-10(15)11(16)5-7/h1-6,13H. The third kappa shape index (κ3) is 2.92. The Kier molecular flexibility index (Phi) is 4.39. The molecule has 94 valence electrons. The first-order chi connectivity index (χ1) is 8.49. The zero-order chi connectivity index (χ0) is 13.3. The first kappa shape index (κ1) is 14.0. The van der Waals surface area contributed by atoms with Crippen molar-refractivity contribution >= 4 is 46.4 Å². The molecule has 0 aliphatic rings. The molecular formula is C13H7Cl4F. The minimum atomic E-state index is -0.668. The van der Waals surface area contributed by atoms with Crippen LogP contribution >= 0.6 is 46.4 Å². The van der Waals surface area contributed by atoms with E-state index in [0.717, 1.165) is 0 Å². The fourth-order valence-electron chi connectivity index (χ4n) is 1.56. The molecule has 1 unspecified atom stereocenters. The Labute approximate surface area is 124 Å². The Hall–Kier alpha value is -0.470. The van der Waals surface area contributed by atoms with E-state index < -0.39 is 11.2 Å². The summed E-state index contributed by atoms with van der Waals surface area (Å²) in [5.74, 6) is -0.412. The van der Waals surface area contributed by atoms with Gasteiger partial charge in [0.1, 0.15) is 5.82 Å². The van der Waals surface area contributed by atoms with Crippen LogP contribution in [0.25, 0.3) is 0 Å². The Morgan fingerprint density at radius 2 is 1.61 bits per heavy atom. The predicted molar refractivity (Wildman–Crippen MR) is 75.6 cm³/mol. The maximum absolute atomic E-state index is 13.7. The summed E-state index contributed by atoms with van der Waals surface area (Å²) in [4.78, 5) is 0. The minimum absolute atomic E-state index is 0.308. The summed E-state index contributed by atoms with van der Waals surface area (Å²) in [6.45, 7) is 0. The van der Waals surface area contributed by atoms with E-state index in [-0.39, 0.29) is 0 Å². The molecule has 0 saturated heterocycles. The highest BCUT2D eigenvalue weighted by molar-refractivity contribution is 6.42. The van der Waals surface area contributed by atoms with Crippen LogP contribution in [0.5, 0.6) is 0 Å². The highest BCUT2D eigenvalue weighted by Gasteiger charge is 2.16. The van der Waals surface area contributed by atoms with E-state index >= 15 is 0 Å². The highest BCUT2D eigenvalue weighted by Crippen LogP contribution is 2.35. The molecule has 2 rings (SSSR count). The quantitative estimate of drug-likeness (QED) is 0.584. The summed E-state index contributed by atoms with van der Waals surface area (Å²) in [5.41, 5.74) is 0.967. The van der Waals surface area contributed by atoms with Crippen LogP contribution in [0.2, 0.25) is 15.1 Å². The summed E-state index contributed by atoms with van der Waals surface area (Å²) in [7, 11) is 0. The molecule has 2 aromatic carbocycles. The van der Waals surface area contributed by atoms with Gasteiger partial charge >= 0.3 is 0 Å². The molecule has 0 fully saturated rings. The van der Waals surface area contributed by atoms with Gasteiger partial charge in [-0.05, 0) is 35.9 Å². The van der Waals surface area contributed by atoms with Crippen LogP contribution in [0.1, 0.15) is 16.5 Å². The van der Waals surface area contributed by atoms with E-state index in [2.05, 4.69) is 0 Å². The Balaban J connectivity index is 2.44. The molecule has 18 heavy (non-hydrogen) atoms. The van der Waals surface area contributed by atoms with Gasteiger partial charge in [-0.25, -0.2) is 4.39 Å². The number of alkyl halides is 1. The van der Waals surface area contributed by atoms with Crippen LogP contribution in [0.15, 0.2) is 36.4 Å². The van der Waals surface area contributed by atoms with Gasteiger partial charge in [0.05, 0.1) is 15.4 Å². The molecule has 0 bridgehead atoms. The summed E-state index contributed by atoms with van der Waals surface area (Å²) in [6, 6.07) is 9.19. The minimum Gasteiger partial charge on any atom is -0.207 e. The van der Waals surface area contributed by atoms with Gasteiger partial charge in [-0.1, -0.05) is 40.9 Å². The molecule has 0 aliphatic carbocycles. The van der Waals surface area contributed by atoms with Crippen LogP contribution in [0.4, 0.5) is 4.39 Å². The summed E-state index contributed by atoms with van der Waals surface area (Å²) in [6.07, 6.45) is 0. The summed E-state index contributed by atoms with van der Waals surface area (Å²) >= 11 is 23.8. The van der Waals surface area contributed by atoms with Crippen molar-refractivity contribution in [2.24, 2.45) is 0 Å². The molecule has 0 heterocycles. The molecule has 2 aromatic rings. The van der Waals surface area contributed by atoms with Crippen LogP contribution in [0.3, 0.4) is 0 Å². The molecule has 0 radical (unpaired) electrons. The number of halogens is 5. The lowest BCUT2D eigenvalue weighted by atomic mass is 10.0. The Morgan fingerprint density at radius 3 is 2.28 bits per heavy atom. The van der Waals surface area contributed by atoms with Crippen LogP contribution < -0.4 is 0 Å². The fourth-order valence-corrected chi connectivity index (χ4v) is 2.35. The largest absolute Gasteiger partial charge is 0.207 e. The van der Waals surface area contributed by atoms with Crippen LogP contribution in [-0.4, -0.2) is 0 Å². The van der Waals surface area contributed by atoms with Gasteiger partial charge < -0.3 is 0 Å². The number of rotatable bonds is 2. The molecule has 5 heteroatoms.